The maximum atomic E-state index is 6.01. The van der Waals surface area contributed by atoms with E-state index in [1.54, 1.807) is 12.1 Å². The molecule has 2 aromatic carbocycles. The van der Waals surface area contributed by atoms with E-state index < -0.39 is 0 Å². The third-order valence-corrected chi connectivity index (χ3v) is 3.91. The van der Waals surface area contributed by atoms with E-state index in [1.165, 1.54) is 0 Å². The largest absolute Gasteiger partial charge is 0.457 e. The first-order valence-electron chi connectivity index (χ1n) is 6.54. The summed E-state index contributed by atoms with van der Waals surface area (Å²) < 4.78 is 5.95. The maximum Gasteiger partial charge on any atom is 0.132 e. The summed E-state index contributed by atoms with van der Waals surface area (Å²) in [6.07, 6.45) is 0.984. The standard InChI is InChI=1S/C16H17Cl2NO/c1-3-15(19-2)12-6-4-5-7-16(12)20-11-8-9-13(17)14(18)10-11/h4-10,15,19H,3H2,1-2H3. The van der Waals surface area contributed by atoms with Crippen molar-refractivity contribution in [2.24, 2.45) is 0 Å². The van der Waals surface area contributed by atoms with E-state index in [9.17, 15) is 0 Å². The average Bonchev–Trinajstić information content (AvgIpc) is 2.46. The molecule has 1 atom stereocenters. The van der Waals surface area contributed by atoms with Gasteiger partial charge in [-0.2, -0.15) is 0 Å². The summed E-state index contributed by atoms with van der Waals surface area (Å²) in [6.45, 7) is 2.14. The Morgan fingerprint density at radius 2 is 1.85 bits per heavy atom. The van der Waals surface area contributed by atoms with Crippen LogP contribution in [0.2, 0.25) is 10.0 Å². The minimum Gasteiger partial charge on any atom is -0.457 e. The quantitative estimate of drug-likeness (QED) is 0.792. The molecule has 0 saturated heterocycles. The van der Waals surface area contributed by atoms with Crippen LogP contribution in [0.3, 0.4) is 0 Å². The van der Waals surface area contributed by atoms with Crippen LogP contribution < -0.4 is 10.1 Å². The second-order valence-corrected chi connectivity index (χ2v) is 5.28. The Morgan fingerprint density at radius 3 is 2.50 bits per heavy atom. The minimum atomic E-state index is 0.258. The number of hydrogen-bond acceptors (Lipinski definition) is 2. The smallest absolute Gasteiger partial charge is 0.132 e. The van der Waals surface area contributed by atoms with Gasteiger partial charge < -0.3 is 10.1 Å². The third kappa shape index (κ3) is 3.45. The number of para-hydroxylation sites is 1. The Morgan fingerprint density at radius 1 is 1.10 bits per heavy atom. The molecule has 0 bridgehead atoms. The van der Waals surface area contributed by atoms with Gasteiger partial charge in [0.05, 0.1) is 10.0 Å². The van der Waals surface area contributed by atoms with Crippen LogP contribution in [-0.2, 0) is 0 Å². The highest BCUT2D eigenvalue weighted by Gasteiger charge is 2.13. The molecule has 1 N–H and O–H groups in total. The number of halogens is 2. The highest BCUT2D eigenvalue weighted by atomic mass is 35.5. The van der Waals surface area contributed by atoms with Crippen molar-refractivity contribution in [2.45, 2.75) is 19.4 Å². The van der Waals surface area contributed by atoms with Crippen LogP contribution in [0.1, 0.15) is 24.9 Å². The van der Waals surface area contributed by atoms with Gasteiger partial charge in [0.1, 0.15) is 11.5 Å². The van der Waals surface area contributed by atoms with Crippen molar-refractivity contribution < 1.29 is 4.74 Å². The zero-order valence-corrected chi connectivity index (χ0v) is 13.0. The van der Waals surface area contributed by atoms with Crippen molar-refractivity contribution in [2.75, 3.05) is 7.05 Å². The third-order valence-electron chi connectivity index (χ3n) is 3.17. The first kappa shape index (κ1) is 15.2. The first-order chi connectivity index (χ1) is 9.65. The summed E-state index contributed by atoms with van der Waals surface area (Å²) in [5.74, 6) is 1.50. The molecule has 0 spiro atoms. The minimum absolute atomic E-state index is 0.258. The molecule has 0 aliphatic heterocycles. The Kier molecular flexibility index (Phi) is 5.30. The van der Waals surface area contributed by atoms with Crippen LogP contribution in [-0.4, -0.2) is 7.05 Å². The molecule has 20 heavy (non-hydrogen) atoms. The predicted molar refractivity (Wildman–Crippen MR) is 85.1 cm³/mol. The Bertz CT molecular complexity index is 582. The van der Waals surface area contributed by atoms with E-state index in [-0.39, 0.29) is 6.04 Å². The normalized spacial score (nSPS) is 12.2. The monoisotopic (exact) mass is 309 g/mol. The van der Waals surface area contributed by atoms with E-state index in [0.717, 1.165) is 17.7 Å². The van der Waals surface area contributed by atoms with E-state index in [0.29, 0.717) is 15.8 Å². The molecular weight excluding hydrogens is 293 g/mol. The van der Waals surface area contributed by atoms with E-state index in [2.05, 4.69) is 18.3 Å². The summed E-state index contributed by atoms with van der Waals surface area (Å²) >= 11 is 11.9. The highest BCUT2D eigenvalue weighted by molar-refractivity contribution is 6.42. The van der Waals surface area contributed by atoms with Gasteiger partial charge in [-0.15, -0.1) is 0 Å². The summed E-state index contributed by atoms with van der Waals surface area (Å²) in [7, 11) is 1.95. The van der Waals surface area contributed by atoms with E-state index in [1.807, 2.05) is 31.3 Å². The second kappa shape index (κ2) is 6.98. The molecule has 106 valence electrons. The average molecular weight is 310 g/mol. The zero-order chi connectivity index (χ0) is 14.5. The Labute approximate surface area is 129 Å². The molecular formula is C16H17Cl2NO. The molecule has 0 heterocycles. The summed E-state index contributed by atoms with van der Waals surface area (Å²) in [5.41, 5.74) is 1.13. The van der Waals surface area contributed by atoms with Gasteiger partial charge in [0, 0.05) is 17.7 Å². The lowest BCUT2D eigenvalue weighted by atomic mass is 10.0. The summed E-state index contributed by atoms with van der Waals surface area (Å²) in [4.78, 5) is 0. The predicted octanol–water partition coefficient (Wildman–Crippen LogP) is 5.46. The Hall–Kier alpha value is -1.22. The lowest BCUT2D eigenvalue weighted by Gasteiger charge is -2.18. The lowest BCUT2D eigenvalue weighted by molar-refractivity contribution is 0.459. The number of benzene rings is 2. The Balaban J connectivity index is 2.31. The van der Waals surface area contributed by atoms with Gasteiger partial charge in [0.25, 0.3) is 0 Å². The molecule has 0 fully saturated rings. The molecule has 2 rings (SSSR count). The van der Waals surface area contributed by atoms with E-state index in [4.69, 9.17) is 27.9 Å². The van der Waals surface area contributed by atoms with Gasteiger partial charge in [-0.25, -0.2) is 0 Å². The van der Waals surface area contributed by atoms with Crippen LogP contribution >= 0.6 is 23.2 Å². The van der Waals surface area contributed by atoms with Crippen LogP contribution in [0, 0.1) is 0 Å². The first-order valence-corrected chi connectivity index (χ1v) is 7.30. The van der Waals surface area contributed by atoms with Crippen LogP contribution in [0.15, 0.2) is 42.5 Å². The van der Waals surface area contributed by atoms with Crippen molar-refractivity contribution in [1.29, 1.82) is 0 Å². The van der Waals surface area contributed by atoms with Crippen molar-refractivity contribution in [1.82, 2.24) is 5.32 Å². The molecule has 0 radical (unpaired) electrons. The fraction of sp³-hybridized carbons (Fsp3) is 0.250. The highest BCUT2D eigenvalue weighted by Crippen LogP contribution is 2.33. The zero-order valence-electron chi connectivity index (χ0n) is 11.5. The molecule has 0 aliphatic carbocycles. The van der Waals surface area contributed by atoms with Gasteiger partial charge in [0.15, 0.2) is 0 Å². The number of ether oxygens (including phenoxy) is 1. The fourth-order valence-electron chi connectivity index (χ4n) is 2.11. The molecule has 0 aromatic heterocycles. The molecule has 2 aromatic rings. The molecule has 4 heteroatoms. The fourth-order valence-corrected chi connectivity index (χ4v) is 2.40. The SMILES string of the molecule is CCC(NC)c1ccccc1Oc1ccc(Cl)c(Cl)c1. The second-order valence-electron chi connectivity index (χ2n) is 4.47. The molecule has 0 saturated carbocycles. The van der Waals surface area contributed by atoms with Crippen LogP contribution in [0.4, 0.5) is 0 Å². The van der Waals surface area contributed by atoms with Crippen molar-refractivity contribution in [3.8, 4) is 11.5 Å². The lowest BCUT2D eigenvalue weighted by Crippen LogP contribution is -2.15. The molecule has 1 unspecified atom stereocenters. The topological polar surface area (TPSA) is 21.3 Å². The number of rotatable bonds is 5. The van der Waals surface area contributed by atoms with Gasteiger partial charge in [-0.1, -0.05) is 48.3 Å². The molecule has 0 aliphatic rings. The van der Waals surface area contributed by atoms with Gasteiger partial charge in [-0.05, 0) is 31.7 Å². The van der Waals surface area contributed by atoms with Crippen LogP contribution in [0.5, 0.6) is 11.5 Å². The van der Waals surface area contributed by atoms with Gasteiger partial charge >= 0.3 is 0 Å². The van der Waals surface area contributed by atoms with Crippen LogP contribution in [0.25, 0.3) is 0 Å². The van der Waals surface area contributed by atoms with Gasteiger partial charge in [0.2, 0.25) is 0 Å². The summed E-state index contributed by atoms with van der Waals surface area (Å²) in [5, 5.41) is 4.30. The van der Waals surface area contributed by atoms with E-state index >= 15 is 0 Å². The number of nitrogens with one attached hydrogen (secondary N) is 1. The van der Waals surface area contributed by atoms with Crippen molar-refractivity contribution in [3.05, 3.63) is 58.1 Å². The van der Waals surface area contributed by atoms with Gasteiger partial charge in [-0.3, -0.25) is 0 Å². The van der Waals surface area contributed by atoms with Crippen molar-refractivity contribution in [3.63, 3.8) is 0 Å². The summed E-state index contributed by atoms with van der Waals surface area (Å²) in [6, 6.07) is 13.5. The van der Waals surface area contributed by atoms with Crippen molar-refractivity contribution >= 4 is 23.2 Å². The maximum absolute atomic E-state index is 6.01. The molecule has 0 amide bonds. The molecule has 2 nitrogen and oxygen atoms in total. The number of hydrogen-bond donors (Lipinski definition) is 1.